The van der Waals surface area contributed by atoms with E-state index in [9.17, 15) is 13.2 Å². The average molecular weight is 355 g/mol. The highest BCUT2D eigenvalue weighted by Gasteiger charge is 2.20. The molecule has 25 heavy (non-hydrogen) atoms. The molecule has 0 aliphatic heterocycles. The minimum Gasteiger partial charge on any atom is -0.379 e. The summed E-state index contributed by atoms with van der Waals surface area (Å²) < 4.78 is 30.6. The zero-order valence-electron chi connectivity index (χ0n) is 13.8. The molecule has 128 valence electrons. The summed E-state index contributed by atoms with van der Waals surface area (Å²) in [4.78, 5) is 11.2. The maximum absolute atomic E-state index is 12.7. The predicted octanol–water partition coefficient (Wildman–Crippen LogP) is 3.87. The highest BCUT2D eigenvalue weighted by atomic mass is 32.2. The quantitative estimate of drug-likeness (QED) is 0.721. The number of aryl methyl sites for hydroxylation is 1. The molecule has 6 heteroatoms. The SMILES string of the molecule is CC(=O)Nc1ccc(C)c(S(=O)(=O)Oc2ccc3ccccc3c2)c1. The molecular weight excluding hydrogens is 338 g/mol. The summed E-state index contributed by atoms with van der Waals surface area (Å²) >= 11 is 0. The second kappa shape index (κ2) is 6.57. The van der Waals surface area contributed by atoms with E-state index in [1.807, 2.05) is 24.3 Å². The third-order valence-electron chi connectivity index (χ3n) is 3.70. The number of hydrogen-bond acceptors (Lipinski definition) is 4. The first kappa shape index (κ1) is 17.0. The smallest absolute Gasteiger partial charge is 0.339 e. The van der Waals surface area contributed by atoms with E-state index in [0.29, 0.717) is 11.3 Å². The van der Waals surface area contributed by atoms with Crippen LogP contribution >= 0.6 is 0 Å². The van der Waals surface area contributed by atoms with Gasteiger partial charge in [0.15, 0.2) is 0 Å². The molecule has 3 rings (SSSR count). The van der Waals surface area contributed by atoms with E-state index in [0.717, 1.165) is 10.8 Å². The Hall–Kier alpha value is -2.86. The van der Waals surface area contributed by atoms with Gasteiger partial charge in [-0.1, -0.05) is 36.4 Å². The van der Waals surface area contributed by atoms with Crippen LogP contribution in [0, 0.1) is 6.92 Å². The van der Waals surface area contributed by atoms with Crippen LogP contribution in [0.3, 0.4) is 0 Å². The third kappa shape index (κ3) is 3.80. The van der Waals surface area contributed by atoms with Gasteiger partial charge in [0.2, 0.25) is 5.91 Å². The summed E-state index contributed by atoms with van der Waals surface area (Å²) in [5.41, 5.74) is 0.939. The summed E-state index contributed by atoms with van der Waals surface area (Å²) in [6, 6.07) is 17.4. The van der Waals surface area contributed by atoms with Gasteiger partial charge < -0.3 is 9.50 Å². The van der Waals surface area contributed by atoms with E-state index in [2.05, 4.69) is 5.32 Å². The number of rotatable bonds is 4. The van der Waals surface area contributed by atoms with E-state index in [1.165, 1.54) is 13.0 Å². The van der Waals surface area contributed by atoms with Crippen molar-refractivity contribution < 1.29 is 17.4 Å². The predicted molar refractivity (Wildman–Crippen MR) is 97.2 cm³/mol. The molecule has 5 nitrogen and oxygen atoms in total. The Kier molecular flexibility index (Phi) is 4.46. The highest BCUT2D eigenvalue weighted by Crippen LogP contribution is 2.26. The van der Waals surface area contributed by atoms with E-state index in [4.69, 9.17) is 4.18 Å². The molecule has 0 fully saturated rings. The van der Waals surface area contributed by atoms with Crippen molar-refractivity contribution in [3.05, 3.63) is 66.2 Å². The first-order valence-electron chi connectivity index (χ1n) is 7.67. The van der Waals surface area contributed by atoms with Crippen LogP contribution in [0.25, 0.3) is 10.8 Å². The molecule has 0 aliphatic rings. The van der Waals surface area contributed by atoms with Gasteiger partial charge in [0, 0.05) is 12.6 Å². The molecule has 1 N–H and O–H groups in total. The topological polar surface area (TPSA) is 72.5 Å². The van der Waals surface area contributed by atoms with Crippen molar-refractivity contribution in [2.24, 2.45) is 0 Å². The van der Waals surface area contributed by atoms with Gasteiger partial charge in [-0.3, -0.25) is 4.79 Å². The molecule has 0 bridgehead atoms. The van der Waals surface area contributed by atoms with E-state index < -0.39 is 10.1 Å². The summed E-state index contributed by atoms with van der Waals surface area (Å²) in [6.07, 6.45) is 0. The highest BCUT2D eigenvalue weighted by molar-refractivity contribution is 7.87. The molecule has 0 spiro atoms. The molecule has 0 saturated carbocycles. The molecule has 1 amide bonds. The second-order valence-electron chi connectivity index (χ2n) is 5.71. The van der Waals surface area contributed by atoms with Crippen molar-refractivity contribution in [2.45, 2.75) is 18.7 Å². The summed E-state index contributed by atoms with van der Waals surface area (Å²) in [5.74, 6) is -0.0364. The Morgan fingerprint density at radius 2 is 1.68 bits per heavy atom. The maximum atomic E-state index is 12.7. The summed E-state index contributed by atoms with van der Waals surface area (Å²) in [7, 11) is -4.02. The lowest BCUT2D eigenvalue weighted by Crippen LogP contribution is -2.13. The van der Waals surface area contributed by atoms with Crippen LogP contribution in [-0.2, 0) is 14.9 Å². The molecule has 0 unspecified atom stereocenters. The first-order chi connectivity index (χ1) is 11.8. The number of amides is 1. The number of fused-ring (bicyclic) bond motifs is 1. The molecule has 3 aromatic rings. The number of carbonyl (C=O) groups is 1. The largest absolute Gasteiger partial charge is 0.379 e. The Morgan fingerprint density at radius 1 is 0.960 bits per heavy atom. The van der Waals surface area contributed by atoms with Crippen molar-refractivity contribution in [1.82, 2.24) is 0 Å². The lowest BCUT2D eigenvalue weighted by Gasteiger charge is -2.12. The number of nitrogens with one attached hydrogen (secondary N) is 1. The lowest BCUT2D eigenvalue weighted by atomic mass is 10.1. The molecule has 0 saturated heterocycles. The fraction of sp³-hybridized carbons (Fsp3) is 0.105. The fourth-order valence-corrected chi connectivity index (χ4v) is 3.72. The summed E-state index contributed by atoms with van der Waals surface area (Å²) in [6.45, 7) is 3.04. The maximum Gasteiger partial charge on any atom is 0.339 e. The van der Waals surface area contributed by atoms with Gasteiger partial charge >= 0.3 is 10.1 Å². The van der Waals surface area contributed by atoms with E-state index in [1.54, 1.807) is 37.3 Å². The van der Waals surface area contributed by atoms with Crippen molar-refractivity contribution in [2.75, 3.05) is 5.32 Å². The monoisotopic (exact) mass is 355 g/mol. The zero-order chi connectivity index (χ0) is 18.0. The van der Waals surface area contributed by atoms with Crippen LogP contribution in [0.4, 0.5) is 5.69 Å². The van der Waals surface area contributed by atoms with Crippen LogP contribution in [-0.4, -0.2) is 14.3 Å². The number of hydrogen-bond donors (Lipinski definition) is 1. The molecule has 0 atom stereocenters. The van der Waals surface area contributed by atoms with Crippen LogP contribution in [0.5, 0.6) is 5.75 Å². The minimum atomic E-state index is -4.02. The average Bonchev–Trinajstić information content (AvgIpc) is 2.55. The third-order valence-corrected chi connectivity index (χ3v) is 5.10. The number of benzene rings is 3. The van der Waals surface area contributed by atoms with Crippen LogP contribution in [0.15, 0.2) is 65.6 Å². The molecule has 0 aliphatic carbocycles. The normalized spacial score (nSPS) is 11.3. The standard InChI is InChI=1S/C19H17NO4S/c1-13-7-9-17(20-14(2)21)12-19(13)25(22,23)24-18-10-8-15-5-3-4-6-16(15)11-18/h3-12H,1-2H3,(H,20,21). The van der Waals surface area contributed by atoms with Crippen LogP contribution in [0.1, 0.15) is 12.5 Å². The molecule has 0 heterocycles. The Morgan fingerprint density at radius 3 is 2.40 bits per heavy atom. The van der Waals surface area contributed by atoms with Crippen molar-refractivity contribution >= 4 is 32.5 Å². The zero-order valence-corrected chi connectivity index (χ0v) is 14.6. The van der Waals surface area contributed by atoms with Gasteiger partial charge in [0.05, 0.1) is 0 Å². The number of carbonyl (C=O) groups excluding carboxylic acids is 1. The molecule has 0 radical (unpaired) electrons. The second-order valence-corrected chi connectivity index (χ2v) is 7.22. The van der Waals surface area contributed by atoms with Crippen molar-refractivity contribution in [1.29, 1.82) is 0 Å². The number of anilines is 1. The lowest BCUT2D eigenvalue weighted by molar-refractivity contribution is -0.114. The fourth-order valence-electron chi connectivity index (χ4n) is 2.54. The van der Waals surface area contributed by atoms with Gasteiger partial charge in [-0.25, -0.2) is 0 Å². The van der Waals surface area contributed by atoms with E-state index in [-0.39, 0.29) is 16.6 Å². The Labute approximate surface area is 146 Å². The van der Waals surface area contributed by atoms with Gasteiger partial charge in [-0.2, -0.15) is 8.42 Å². The van der Waals surface area contributed by atoms with Crippen LogP contribution < -0.4 is 9.50 Å². The van der Waals surface area contributed by atoms with Crippen molar-refractivity contribution in [3.8, 4) is 5.75 Å². The molecular formula is C19H17NO4S. The summed E-state index contributed by atoms with van der Waals surface area (Å²) in [5, 5.41) is 4.46. The van der Waals surface area contributed by atoms with Crippen molar-refractivity contribution in [3.63, 3.8) is 0 Å². The van der Waals surface area contributed by atoms with Gasteiger partial charge in [0.25, 0.3) is 0 Å². The Bertz CT molecular complexity index is 1060. The Balaban J connectivity index is 1.96. The first-order valence-corrected chi connectivity index (χ1v) is 9.07. The van der Waals surface area contributed by atoms with Gasteiger partial charge in [-0.05, 0) is 47.5 Å². The van der Waals surface area contributed by atoms with Crippen LogP contribution in [0.2, 0.25) is 0 Å². The molecule has 0 aromatic heterocycles. The minimum absolute atomic E-state index is 0.0203. The van der Waals surface area contributed by atoms with Gasteiger partial charge in [0.1, 0.15) is 10.6 Å². The molecule has 3 aromatic carbocycles. The van der Waals surface area contributed by atoms with E-state index >= 15 is 0 Å². The van der Waals surface area contributed by atoms with Gasteiger partial charge in [-0.15, -0.1) is 0 Å².